The monoisotopic (exact) mass is 452 g/mol. The molecule has 0 unspecified atom stereocenters. The lowest BCUT2D eigenvalue weighted by molar-refractivity contribution is -0.148. The molecule has 5 nitrogen and oxygen atoms in total. The maximum Gasteiger partial charge on any atom is 0.401 e. The zero-order valence-corrected chi connectivity index (χ0v) is 15.9. The number of aliphatic imine (C=N–C) groups is 1. The van der Waals surface area contributed by atoms with E-state index < -0.39 is 12.7 Å². The minimum absolute atomic E-state index is 0. The maximum absolute atomic E-state index is 12.3. The smallest absolute Gasteiger partial charge is 0.395 e. The van der Waals surface area contributed by atoms with Crippen molar-refractivity contribution in [2.24, 2.45) is 10.9 Å². The minimum atomic E-state index is -4.10. The summed E-state index contributed by atoms with van der Waals surface area (Å²) in [6.45, 7) is 4.06. The van der Waals surface area contributed by atoms with Crippen molar-refractivity contribution in [3.63, 3.8) is 0 Å². The first-order chi connectivity index (χ1) is 10.4. The summed E-state index contributed by atoms with van der Waals surface area (Å²) in [4.78, 5) is 5.89. The van der Waals surface area contributed by atoms with Gasteiger partial charge in [-0.2, -0.15) is 13.2 Å². The Hall–Kier alpha value is -0.290. The predicted molar refractivity (Wildman–Crippen MR) is 96.3 cm³/mol. The second-order valence-electron chi connectivity index (χ2n) is 5.53. The second-order valence-corrected chi connectivity index (χ2v) is 5.53. The standard InChI is InChI=1S/C14H27F3N4O.HI/c1-2-18-13(20-7-10-22)19-6-3-12-4-8-21(9-5-12)11-14(15,16)17;/h12,22H,2-11H2,1H3,(H2,18,19,20);1H. The maximum atomic E-state index is 12.3. The van der Waals surface area contributed by atoms with Crippen LogP contribution in [-0.2, 0) is 0 Å². The van der Waals surface area contributed by atoms with Crippen LogP contribution in [0.1, 0.15) is 26.2 Å². The molecule has 1 aliphatic heterocycles. The predicted octanol–water partition coefficient (Wildman–Crippen LogP) is 1.82. The number of piperidine rings is 1. The van der Waals surface area contributed by atoms with Crippen LogP contribution in [0.5, 0.6) is 0 Å². The molecular weight excluding hydrogens is 424 g/mol. The average molecular weight is 452 g/mol. The number of aliphatic hydroxyl groups excluding tert-OH is 1. The van der Waals surface area contributed by atoms with Crippen molar-refractivity contribution in [2.45, 2.75) is 32.4 Å². The van der Waals surface area contributed by atoms with Gasteiger partial charge in [0.2, 0.25) is 0 Å². The Morgan fingerprint density at radius 2 is 1.91 bits per heavy atom. The number of halogens is 4. The van der Waals surface area contributed by atoms with E-state index in [1.165, 1.54) is 4.90 Å². The van der Waals surface area contributed by atoms with Crippen molar-refractivity contribution >= 4 is 29.9 Å². The first kappa shape index (κ1) is 22.7. The first-order valence-corrected chi connectivity index (χ1v) is 7.86. The molecular formula is C14H28F3IN4O. The van der Waals surface area contributed by atoms with Gasteiger partial charge >= 0.3 is 6.18 Å². The molecule has 0 bridgehead atoms. The van der Waals surface area contributed by atoms with Crippen molar-refractivity contribution < 1.29 is 18.3 Å². The zero-order valence-electron chi connectivity index (χ0n) is 13.5. The molecule has 0 amide bonds. The van der Waals surface area contributed by atoms with E-state index in [2.05, 4.69) is 15.6 Å². The summed E-state index contributed by atoms with van der Waals surface area (Å²) in [6, 6.07) is 0. The summed E-state index contributed by atoms with van der Waals surface area (Å²) in [5, 5.41) is 14.9. The van der Waals surface area contributed by atoms with Gasteiger partial charge in [-0.05, 0) is 45.2 Å². The molecule has 0 aromatic rings. The van der Waals surface area contributed by atoms with Crippen molar-refractivity contribution in [3.05, 3.63) is 0 Å². The lowest BCUT2D eigenvalue weighted by Gasteiger charge is -2.32. The Balaban J connectivity index is 0.00000484. The third-order valence-corrected chi connectivity index (χ3v) is 3.67. The lowest BCUT2D eigenvalue weighted by atomic mass is 9.93. The molecule has 0 atom stereocenters. The highest BCUT2D eigenvalue weighted by atomic mass is 127. The van der Waals surface area contributed by atoms with Crippen molar-refractivity contribution in [1.82, 2.24) is 15.5 Å². The Morgan fingerprint density at radius 1 is 1.26 bits per heavy atom. The van der Waals surface area contributed by atoms with Gasteiger partial charge in [-0.3, -0.25) is 9.89 Å². The molecule has 9 heteroatoms. The number of guanidine groups is 1. The number of likely N-dealkylation sites (tertiary alicyclic amines) is 1. The molecule has 138 valence electrons. The van der Waals surface area contributed by atoms with E-state index in [9.17, 15) is 13.2 Å². The Bertz CT molecular complexity index is 334. The normalized spacial score (nSPS) is 17.7. The molecule has 0 aromatic heterocycles. The van der Waals surface area contributed by atoms with Gasteiger partial charge in [-0.1, -0.05) is 0 Å². The van der Waals surface area contributed by atoms with E-state index in [1.807, 2.05) is 6.92 Å². The fraction of sp³-hybridized carbons (Fsp3) is 0.929. The summed E-state index contributed by atoms with van der Waals surface area (Å²) in [7, 11) is 0. The fourth-order valence-electron chi connectivity index (χ4n) is 2.56. The van der Waals surface area contributed by atoms with E-state index in [0.29, 0.717) is 38.1 Å². The van der Waals surface area contributed by atoms with Gasteiger partial charge < -0.3 is 15.7 Å². The van der Waals surface area contributed by atoms with E-state index in [0.717, 1.165) is 25.8 Å². The molecule has 1 saturated heterocycles. The van der Waals surface area contributed by atoms with Crippen LogP contribution in [0.3, 0.4) is 0 Å². The molecule has 1 heterocycles. The molecule has 1 aliphatic rings. The summed E-state index contributed by atoms with van der Waals surface area (Å²) >= 11 is 0. The van der Waals surface area contributed by atoms with Gasteiger partial charge in [0.05, 0.1) is 13.2 Å². The lowest BCUT2D eigenvalue weighted by Crippen LogP contribution is -2.40. The highest BCUT2D eigenvalue weighted by molar-refractivity contribution is 14.0. The molecule has 1 fully saturated rings. The zero-order chi connectivity index (χ0) is 16.4. The van der Waals surface area contributed by atoms with Gasteiger partial charge in [-0.25, -0.2) is 0 Å². The fourth-order valence-corrected chi connectivity index (χ4v) is 2.56. The van der Waals surface area contributed by atoms with Gasteiger partial charge in [0.15, 0.2) is 5.96 Å². The summed E-state index contributed by atoms with van der Waals surface area (Å²) in [5.41, 5.74) is 0. The van der Waals surface area contributed by atoms with Gasteiger partial charge in [0.25, 0.3) is 0 Å². The quantitative estimate of drug-likeness (QED) is 0.314. The SMILES string of the molecule is CCNC(=NCCC1CCN(CC(F)(F)F)CC1)NCCO.I. The van der Waals surface area contributed by atoms with Crippen LogP contribution in [0.2, 0.25) is 0 Å². The van der Waals surface area contributed by atoms with Crippen molar-refractivity contribution in [2.75, 3.05) is 45.9 Å². The topological polar surface area (TPSA) is 59.9 Å². The van der Waals surface area contributed by atoms with Crippen LogP contribution in [0, 0.1) is 5.92 Å². The molecule has 0 saturated carbocycles. The highest BCUT2D eigenvalue weighted by Gasteiger charge is 2.32. The number of alkyl halides is 3. The van der Waals surface area contributed by atoms with Crippen LogP contribution in [-0.4, -0.2) is 68.0 Å². The Labute approximate surface area is 153 Å². The number of hydrogen-bond donors (Lipinski definition) is 3. The second kappa shape index (κ2) is 12.1. The molecule has 0 radical (unpaired) electrons. The van der Waals surface area contributed by atoms with E-state index in [4.69, 9.17) is 5.11 Å². The van der Waals surface area contributed by atoms with Crippen LogP contribution in [0.15, 0.2) is 4.99 Å². The van der Waals surface area contributed by atoms with Crippen LogP contribution in [0.4, 0.5) is 13.2 Å². The molecule has 0 aromatic carbocycles. The number of rotatable bonds is 7. The van der Waals surface area contributed by atoms with E-state index in [1.54, 1.807) is 0 Å². The molecule has 0 spiro atoms. The van der Waals surface area contributed by atoms with Crippen molar-refractivity contribution in [1.29, 1.82) is 0 Å². The van der Waals surface area contributed by atoms with Gasteiger partial charge in [0.1, 0.15) is 0 Å². The van der Waals surface area contributed by atoms with Gasteiger partial charge in [0, 0.05) is 19.6 Å². The molecule has 0 aliphatic carbocycles. The minimum Gasteiger partial charge on any atom is -0.395 e. The number of nitrogens with one attached hydrogen (secondary N) is 2. The third-order valence-electron chi connectivity index (χ3n) is 3.67. The van der Waals surface area contributed by atoms with Gasteiger partial charge in [-0.15, -0.1) is 24.0 Å². The van der Waals surface area contributed by atoms with Crippen LogP contribution in [0.25, 0.3) is 0 Å². The molecule has 23 heavy (non-hydrogen) atoms. The van der Waals surface area contributed by atoms with E-state index >= 15 is 0 Å². The van der Waals surface area contributed by atoms with Crippen molar-refractivity contribution in [3.8, 4) is 0 Å². The molecule has 3 N–H and O–H groups in total. The summed E-state index contributed by atoms with van der Waals surface area (Å²) < 4.78 is 36.9. The average Bonchev–Trinajstić information content (AvgIpc) is 2.45. The molecule has 1 rings (SSSR count). The number of aliphatic hydroxyl groups is 1. The number of hydrogen-bond acceptors (Lipinski definition) is 3. The Morgan fingerprint density at radius 3 is 2.43 bits per heavy atom. The van der Waals surface area contributed by atoms with Crippen LogP contribution < -0.4 is 10.6 Å². The first-order valence-electron chi connectivity index (χ1n) is 7.86. The largest absolute Gasteiger partial charge is 0.401 e. The van der Waals surface area contributed by atoms with E-state index in [-0.39, 0.29) is 30.6 Å². The van der Waals surface area contributed by atoms with Crippen LogP contribution >= 0.6 is 24.0 Å². The third kappa shape index (κ3) is 11.0. The number of nitrogens with zero attached hydrogens (tertiary/aromatic N) is 2. The summed E-state index contributed by atoms with van der Waals surface area (Å²) in [5.74, 6) is 1.11. The Kier molecular flexibility index (Phi) is 12.0. The highest BCUT2D eigenvalue weighted by Crippen LogP contribution is 2.24. The summed E-state index contributed by atoms with van der Waals surface area (Å²) in [6.07, 6.45) is -1.62.